The molecule has 2 rings (SSSR count). The number of hydrogen-bond acceptors (Lipinski definition) is 2. The van der Waals surface area contributed by atoms with E-state index >= 15 is 0 Å². The summed E-state index contributed by atoms with van der Waals surface area (Å²) < 4.78 is 37.7. The maximum absolute atomic E-state index is 12.6. The fourth-order valence-electron chi connectivity index (χ4n) is 3.26. The maximum Gasteiger partial charge on any atom is 0.391 e. The van der Waals surface area contributed by atoms with Gasteiger partial charge in [-0.15, -0.1) is 0 Å². The van der Waals surface area contributed by atoms with Crippen molar-refractivity contribution in [3.63, 3.8) is 0 Å². The third-order valence-corrected chi connectivity index (χ3v) is 4.53. The molecule has 0 aromatic heterocycles. The summed E-state index contributed by atoms with van der Waals surface area (Å²) in [5, 5.41) is 6.32. The molecule has 116 valence electrons. The van der Waals surface area contributed by atoms with Crippen LogP contribution < -0.4 is 10.6 Å². The van der Waals surface area contributed by atoms with Crippen molar-refractivity contribution in [3.05, 3.63) is 0 Å². The van der Waals surface area contributed by atoms with E-state index in [0.29, 0.717) is 18.9 Å². The second-order valence-corrected chi connectivity index (χ2v) is 6.18. The molecule has 2 atom stereocenters. The molecular formula is C14H23F3N2O. The standard InChI is InChI=1S/C14H23F3N2O/c1-9-8-12(6-7-18-9)19-13(20)10-2-4-11(5-3-10)14(15,16)17/h9-12,18H,2-8H2,1H3,(H,19,20). The Morgan fingerprint density at radius 1 is 1.15 bits per heavy atom. The quantitative estimate of drug-likeness (QED) is 0.821. The van der Waals surface area contributed by atoms with Crippen molar-refractivity contribution in [2.45, 2.75) is 63.7 Å². The van der Waals surface area contributed by atoms with Gasteiger partial charge in [-0.3, -0.25) is 4.79 Å². The molecule has 1 aliphatic carbocycles. The van der Waals surface area contributed by atoms with Gasteiger partial charge < -0.3 is 10.6 Å². The minimum absolute atomic E-state index is 0.0512. The fraction of sp³-hybridized carbons (Fsp3) is 0.929. The Morgan fingerprint density at radius 2 is 1.80 bits per heavy atom. The van der Waals surface area contributed by atoms with Crippen molar-refractivity contribution in [2.24, 2.45) is 11.8 Å². The molecule has 0 spiro atoms. The molecule has 20 heavy (non-hydrogen) atoms. The Hall–Kier alpha value is -0.780. The second kappa shape index (κ2) is 6.33. The van der Waals surface area contributed by atoms with Gasteiger partial charge in [-0.1, -0.05) is 0 Å². The summed E-state index contributed by atoms with van der Waals surface area (Å²) in [7, 11) is 0. The van der Waals surface area contributed by atoms with Crippen LogP contribution in [0.1, 0.15) is 45.4 Å². The highest BCUT2D eigenvalue weighted by atomic mass is 19.4. The fourth-order valence-corrected chi connectivity index (χ4v) is 3.26. The van der Waals surface area contributed by atoms with Gasteiger partial charge in [-0.25, -0.2) is 0 Å². The molecule has 2 unspecified atom stereocenters. The molecule has 3 nitrogen and oxygen atoms in total. The molecule has 1 aliphatic heterocycles. The average Bonchev–Trinajstić information content (AvgIpc) is 2.38. The normalized spacial score (nSPS) is 35.6. The highest BCUT2D eigenvalue weighted by Crippen LogP contribution is 2.39. The van der Waals surface area contributed by atoms with Gasteiger partial charge in [-0.2, -0.15) is 13.2 Å². The summed E-state index contributed by atoms with van der Waals surface area (Å²) in [6, 6.07) is 0.550. The monoisotopic (exact) mass is 292 g/mol. The molecule has 6 heteroatoms. The SMILES string of the molecule is CC1CC(NC(=O)C2CCC(C(F)(F)F)CC2)CCN1. The Labute approximate surface area is 117 Å². The molecule has 1 saturated heterocycles. The highest BCUT2D eigenvalue weighted by molar-refractivity contribution is 5.79. The lowest BCUT2D eigenvalue weighted by Gasteiger charge is -2.32. The van der Waals surface area contributed by atoms with Crippen molar-refractivity contribution in [2.75, 3.05) is 6.54 Å². The summed E-state index contributed by atoms with van der Waals surface area (Å²) in [6.07, 6.45) is -1.43. The van der Waals surface area contributed by atoms with Crippen molar-refractivity contribution in [1.29, 1.82) is 0 Å². The lowest BCUT2D eigenvalue weighted by molar-refractivity contribution is -0.184. The lowest BCUT2D eigenvalue weighted by Crippen LogP contribution is -2.48. The number of rotatable bonds is 2. The van der Waals surface area contributed by atoms with Gasteiger partial charge in [0.2, 0.25) is 5.91 Å². The zero-order valence-corrected chi connectivity index (χ0v) is 11.8. The Morgan fingerprint density at radius 3 is 2.35 bits per heavy atom. The van der Waals surface area contributed by atoms with Crippen LogP contribution in [0.4, 0.5) is 13.2 Å². The van der Waals surface area contributed by atoms with Crippen LogP contribution >= 0.6 is 0 Å². The first-order valence-corrected chi connectivity index (χ1v) is 7.46. The van der Waals surface area contributed by atoms with Crippen LogP contribution in [0.2, 0.25) is 0 Å². The van der Waals surface area contributed by atoms with Crippen molar-refractivity contribution in [3.8, 4) is 0 Å². The molecule has 1 saturated carbocycles. The number of hydrogen-bond donors (Lipinski definition) is 2. The summed E-state index contributed by atoms with van der Waals surface area (Å²) in [5.41, 5.74) is 0. The first-order valence-electron chi connectivity index (χ1n) is 7.46. The van der Waals surface area contributed by atoms with E-state index < -0.39 is 12.1 Å². The van der Waals surface area contributed by atoms with Crippen LogP contribution in [0.15, 0.2) is 0 Å². The molecule has 0 aromatic carbocycles. The van der Waals surface area contributed by atoms with E-state index in [1.807, 2.05) is 0 Å². The van der Waals surface area contributed by atoms with E-state index in [2.05, 4.69) is 17.6 Å². The van der Waals surface area contributed by atoms with Gasteiger partial charge in [0, 0.05) is 18.0 Å². The van der Waals surface area contributed by atoms with Crippen LogP contribution in [0.3, 0.4) is 0 Å². The molecule has 1 amide bonds. The highest BCUT2D eigenvalue weighted by Gasteiger charge is 2.42. The number of piperidine rings is 1. The van der Waals surface area contributed by atoms with Crippen LogP contribution in [0, 0.1) is 11.8 Å². The van der Waals surface area contributed by atoms with Crippen molar-refractivity contribution in [1.82, 2.24) is 10.6 Å². The lowest BCUT2D eigenvalue weighted by atomic mass is 9.81. The number of alkyl halides is 3. The van der Waals surface area contributed by atoms with Crippen molar-refractivity contribution >= 4 is 5.91 Å². The molecule has 0 radical (unpaired) electrons. The summed E-state index contributed by atoms with van der Waals surface area (Å²) in [6.45, 7) is 2.96. The largest absolute Gasteiger partial charge is 0.391 e. The molecular weight excluding hydrogens is 269 g/mol. The van der Waals surface area contributed by atoms with Crippen LogP contribution in [-0.4, -0.2) is 30.7 Å². The smallest absolute Gasteiger partial charge is 0.353 e. The Balaban J connectivity index is 1.77. The van der Waals surface area contributed by atoms with E-state index in [4.69, 9.17) is 0 Å². The maximum atomic E-state index is 12.6. The molecule has 1 heterocycles. The van der Waals surface area contributed by atoms with Gasteiger partial charge in [0.15, 0.2) is 0 Å². The number of nitrogens with one attached hydrogen (secondary N) is 2. The number of amides is 1. The molecule has 0 aromatic rings. The molecule has 2 N–H and O–H groups in total. The summed E-state index contributed by atoms with van der Waals surface area (Å²) >= 11 is 0. The zero-order valence-electron chi connectivity index (χ0n) is 11.8. The first kappa shape index (κ1) is 15.6. The summed E-state index contributed by atoms with van der Waals surface area (Å²) in [4.78, 5) is 12.1. The predicted molar refractivity (Wildman–Crippen MR) is 70.1 cm³/mol. The molecule has 0 bridgehead atoms. The van der Waals surface area contributed by atoms with E-state index in [0.717, 1.165) is 19.4 Å². The molecule has 2 aliphatic rings. The van der Waals surface area contributed by atoms with Crippen LogP contribution in [0.25, 0.3) is 0 Å². The first-order chi connectivity index (χ1) is 9.36. The van der Waals surface area contributed by atoms with Crippen LogP contribution in [-0.2, 0) is 4.79 Å². The van der Waals surface area contributed by atoms with Gasteiger partial charge in [0.05, 0.1) is 5.92 Å². The third kappa shape index (κ3) is 4.11. The van der Waals surface area contributed by atoms with E-state index in [1.165, 1.54) is 0 Å². The van der Waals surface area contributed by atoms with Gasteiger partial charge in [0.1, 0.15) is 0 Å². The minimum Gasteiger partial charge on any atom is -0.353 e. The van der Waals surface area contributed by atoms with Crippen LogP contribution in [0.5, 0.6) is 0 Å². The number of carbonyl (C=O) groups excluding carboxylic acids is 1. The Kier molecular flexibility index (Phi) is 4.94. The zero-order chi connectivity index (χ0) is 14.8. The van der Waals surface area contributed by atoms with Gasteiger partial charge in [0.25, 0.3) is 0 Å². The van der Waals surface area contributed by atoms with Gasteiger partial charge >= 0.3 is 6.18 Å². The third-order valence-electron chi connectivity index (χ3n) is 4.53. The topological polar surface area (TPSA) is 41.1 Å². The number of halogens is 3. The predicted octanol–water partition coefficient (Wildman–Crippen LogP) is 2.61. The second-order valence-electron chi connectivity index (χ2n) is 6.18. The molecule has 2 fully saturated rings. The summed E-state index contributed by atoms with van der Waals surface area (Å²) in [5.74, 6) is -1.51. The van der Waals surface area contributed by atoms with E-state index in [-0.39, 0.29) is 30.7 Å². The van der Waals surface area contributed by atoms with Crippen molar-refractivity contribution < 1.29 is 18.0 Å². The minimum atomic E-state index is -4.11. The van der Waals surface area contributed by atoms with E-state index in [1.54, 1.807) is 0 Å². The van der Waals surface area contributed by atoms with E-state index in [9.17, 15) is 18.0 Å². The van der Waals surface area contributed by atoms with Gasteiger partial charge in [-0.05, 0) is 52.0 Å². The number of carbonyl (C=O) groups is 1. The Bertz CT molecular complexity index is 338. The average molecular weight is 292 g/mol.